The molecule has 1 heterocycles. The van der Waals surface area contributed by atoms with Gasteiger partial charge in [-0.05, 0) is 51.6 Å². The molecule has 0 fully saturated rings. The van der Waals surface area contributed by atoms with Crippen molar-refractivity contribution in [2.45, 2.75) is 6.54 Å². The quantitative estimate of drug-likeness (QED) is 0.120. The summed E-state index contributed by atoms with van der Waals surface area (Å²) in [6, 6.07) is 27.3. The van der Waals surface area contributed by atoms with Gasteiger partial charge in [-0.2, -0.15) is 0 Å². The Kier molecular flexibility index (Phi) is 5.64. The molecule has 0 aliphatic heterocycles. The minimum absolute atomic E-state index is 0.0290. The molecule has 6 nitrogen and oxygen atoms in total. The summed E-state index contributed by atoms with van der Waals surface area (Å²) in [5, 5.41) is 41.7. The fourth-order valence-corrected chi connectivity index (χ4v) is 5.15. The first-order valence-electron chi connectivity index (χ1n) is 11.9. The summed E-state index contributed by atoms with van der Waals surface area (Å²) < 4.78 is 6.02. The lowest BCUT2D eigenvalue weighted by molar-refractivity contribution is 0.347. The summed E-state index contributed by atoms with van der Waals surface area (Å²) in [6.07, 6.45) is 0. The fourth-order valence-electron chi connectivity index (χ4n) is 4.87. The largest absolute Gasteiger partial charge is 0.504 e. The van der Waals surface area contributed by atoms with Gasteiger partial charge in [-0.1, -0.05) is 78.3 Å². The van der Waals surface area contributed by atoms with Crippen molar-refractivity contribution in [3.63, 3.8) is 0 Å². The number of halogens is 1. The lowest BCUT2D eigenvalue weighted by atomic mass is 9.96. The van der Waals surface area contributed by atoms with Crippen molar-refractivity contribution >= 4 is 33.5 Å². The monoisotopic (exact) mass is 523 g/mol. The van der Waals surface area contributed by atoms with Gasteiger partial charge in [-0.3, -0.25) is 0 Å². The molecular weight excluding hydrogens is 502 g/mol. The van der Waals surface area contributed by atoms with Crippen LogP contribution < -0.4 is 5.73 Å². The molecule has 6 aromatic rings. The van der Waals surface area contributed by atoms with Crippen molar-refractivity contribution in [2.75, 3.05) is 0 Å². The van der Waals surface area contributed by atoms with Crippen molar-refractivity contribution in [1.82, 2.24) is 0 Å². The number of fused-ring (bicyclic) bond motifs is 3. The summed E-state index contributed by atoms with van der Waals surface area (Å²) in [5.74, 6) is -3.00. The van der Waals surface area contributed by atoms with Gasteiger partial charge in [0.25, 0.3) is 0 Å². The second-order valence-corrected chi connectivity index (χ2v) is 9.42. The molecule has 0 atom stereocenters. The van der Waals surface area contributed by atoms with Crippen LogP contribution in [0.4, 0.5) is 0 Å². The highest BCUT2D eigenvalue weighted by atomic mass is 35.5. The van der Waals surface area contributed by atoms with Crippen LogP contribution in [-0.4, -0.2) is 20.4 Å². The van der Waals surface area contributed by atoms with Crippen LogP contribution in [0.3, 0.4) is 0 Å². The van der Waals surface area contributed by atoms with Gasteiger partial charge < -0.3 is 30.6 Å². The topological polar surface area (TPSA) is 120 Å². The van der Waals surface area contributed by atoms with E-state index in [0.29, 0.717) is 12.1 Å². The first kappa shape index (κ1) is 23.7. The second kappa shape index (κ2) is 9.03. The molecule has 5 aromatic carbocycles. The van der Waals surface area contributed by atoms with Crippen LogP contribution in [0.2, 0.25) is 5.02 Å². The maximum absolute atomic E-state index is 10.3. The van der Waals surface area contributed by atoms with Crippen molar-refractivity contribution < 1.29 is 24.8 Å². The molecule has 188 valence electrons. The van der Waals surface area contributed by atoms with E-state index in [9.17, 15) is 20.4 Å². The summed E-state index contributed by atoms with van der Waals surface area (Å²) in [4.78, 5) is 0. The molecule has 0 amide bonds. The number of nitrogens with two attached hydrogens (primary N) is 1. The summed E-state index contributed by atoms with van der Waals surface area (Å²) in [6.45, 7) is 0.435. The molecule has 0 spiro atoms. The van der Waals surface area contributed by atoms with Gasteiger partial charge in [0.1, 0.15) is 11.2 Å². The van der Waals surface area contributed by atoms with E-state index in [1.165, 1.54) is 0 Å². The predicted molar refractivity (Wildman–Crippen MR) is 150 cm³/mol. The van der Waals surface area contributed by atoms with Crippen LogP contribution >= 0.6 is 11.6 Å². The predicted octanol–water partition coefficient (Wildman–Crippen LogP) is 7.52. The van der Waals surface area contributed by atoms with Gasteiger partial charge in [0.2, 0.25) is 11.5 Å². The molecule has 0 aliphatic carbocycles. The maximum atomic E-state index is 10.3. The number of hydrogen-bond acceptors (Lipinski definition) is 6. The minimum Gasteiger partial charge on any atom is -0.504 e. The second-order valence-electron chi connectivity index (χ2n) is 9.05. The van der Waals surface area contributed by atoms with E-state index in [1.54, 1.807) is 12.1 Å². The average molecular weight is 524 g/mol. The van der Waals surface area contributed by atoms with Gasteiger partial charge in [0.15, 0.2) is 11.5 Å². The van der Waals surface area contributed by atoms with Gasteiger partial charge in [0.05, 0.1) is 10.6 Å². The number of phenolic OH excluding ortho intramolecular Hbond substituents is 4. The summed E-state index contributed by atoms with van der Waals surface area (Å²) >= 11 is 6.13. The Hall–Kier alpha value is -4.65. The molecule has 0 saturated carbocycles. The van der Waals surface area contributed by atoms with E-state index >= 15 is 0 Å². The van der Waals surface area contributed by atoms with E-state index < -0.39 is 23.0 Å². The zero-order chi connectivity index (χ0) is 26.6. The minimum atomic E-state index is -0.868. The molecule has 1 aromatic heterocycles. The lowest BCUT2D eigenvalue weighted by Gasteiger charge is -2.13. The Balaban J connectivity index is 1.33. The van der Waals surface area contributed by atoms with Crippen molar-refractivity contribution in [3.05, 3.63) is 95.5 Å². The Morgan fingerprint density at radius 3 is 1.79 bits per heavy atom. The maximum Gasteiger partial charge on any atom is 0.205 e. The third-order valence-electron chi connectivity index (χ3n) is 6.86. The fraction of sp³-hybridized carbons (Fsp3) is 0.0323. The zero-order valence-electron chi connectivity index (χ0n) is 19.9. The highest BCUT2D eigenvalue weighted by Crippen LogP contribution is 2.53. The summed E-state index contributed by atoms with van der Waals surface area (Å²) in [7, 11) is 0. The van der Waals surface area contributed by atoms with Crippen molar-refractivity contribution in [2.24, 2.45) is 5.73 Å². The van der Waals surface area contributed by atoms with Crippen LogP contribution in [-0.2, 0) is 6.54 Å². The Bertz CT molecular complexity index is 1810. The number of hydrogen-bond donors (Lipinski definition) is 5. The van der Waals surface area contributed by atoms with E-state index in [0.717, 1.165) is 49.8 Å². The van der Waals surface area contributed by atoms with E-state index in [-0.39, 0.29) is 10.6 Å². The van der Waals surface area contributed by atoms with E-state index in [4.69, 9.17) is 21.8 Å². The molecule has 38 heavy (non-hydrogen) atoms. The molecule has 7 heteroatoms. The Morgan fingerprint density at radius 1 is 0.605 bits per heavy atom. The van der Waals surface area contributed by atoms with E-state index in [1.807, 2.05) is 54.6 Å². The van der Waals surface area contributed by atoms with Crippen LogP contribution in [0, 0.1) is 0 Å². The van der Waals surface area contributed by atoms with Crippen molar-refractivity contribution in [3.8, 4) is 56.4 Å². The number of phenols is 4. The van der Waals surface area contributed by atoms with Crippen LogP contribution in [0.5, 0.6) is 23.0 Å². The van der Waals surface area contributed by atoms with E-state index in [2.05, 4.69) is 18.2 Å². The smallest absolute Gasteiger partial charge is 0.205 e. The number of aromatic hydroxyl groups is 4. The highest BCUT2D eigenvalue weighted by Gasteiger charge is 2.23. The van der Waals surface area contributed by atoms with Gasteiger partial charge in [0, 0.05) is 17.3 Å². The van der Waals surface area contributed by atoms with Gasteiger partial charge >= 0.3 is 0 Å². The highest BCUT2D eigenvalue weighted by molar-refractivity contribution is 6.35. The molecule has 0 saturated heterocycles. The SMILES string of the molecule is NCc1cccc2oc3ccc(-c4ccc(-c5ccc(-c6c(O)c(O)c(O)c(O)c6Cl)cc5)cc4)cc3c12. The first-order chi connectivity index (χ1) is 18.4. The number of rotatable bonds is 4. The third-order valence-corrected chi connectivity index (χ3v) is 7.23. The Labute approximate surface area is 222 Å². The molecule has 0 radical (unpaired) electrons. The Morgan fingerprint density at radius 2 is 1.16 bits per heavy atom. The molecular formula is C31H22ClNO5. The molecule has 0 aliphatic rings. The van der Waals surface area contributed by atoms with Crippen LogP contribution in [0.1, 0.15) is 5.56 Å². The van der Waals surface area contributed by atoms with Crippen LogP contribution in [0.25, 0.3) is 55.3 Å². The number of furan rings is 1. The molecule has 0 bridgehead atoms. The van der Waals surface area contributed by atoms with Crippen molar-refractivity contribution in [1.29, 1.82) is 0 Å². The third kappa shape index (κ3) is 3.70. The molecule has 0 unspecified atom stereocenters. The molecule has 6 N–H and O–H groups in total. The zero-order valence-corrected chi connectivity index (χ0v) is 20.7. The summed E-state index contributed by atoms with van der Waals surface area (Å²) in [5.41, 5.74) is 13.2. The average Bonchev–Trinajstić information content (AvgIpc) is 3.34. The normalized spacial score (nSPS) is 11.4. The number of benzene rings is 5. The molecule has 6 rings (SSSR count). The first-order valence-corrected chi connectivity index (χ1v) is 12.3. The standard InChI is InChI=1S/C31H22ClNO5/c32-27-26(28(34)30(36)31(37)29(27)35)19-10-8-17(9-11-19)16-4-6-18(7-5-16)20-12-13-23-22(14-20)25-21(15-33)2-1-3-24(25)38-23/h1-14,34-37H,15,33H2. The lowest BCUT2D eigenvalue weighted by Crippen LogP contribution is -1.96. The van der Waals surface area contributed by atoms with Crippen LogP contribution in [0.15, 0.2) is 89.3 Å². The van der Waals surface area contributed by atoms with Gasteiger partial charge in [-0.15, -0.1) is 0 Å². The van der Waals surface area contributed by atoms with Gasteiger partial charge in [-0.25, -0.2) is 0 Å².